The molecule has 180 valence electrons. The Kier molecular flexibility index (Phi) is 6.37. The van der Waals surface area contributed by atoms with E-state index in [9.17, 15) is 23.2 Å². The number of hydrogen-bond acceptors (Lipinski definition) is 9. The largest absolute Gasteiger partial charge is 0.405 e. The lowest BCUT2D eigenvalue weighted by Crippen LogP contribution is -2.65. The van der Waals surface area contributed by atoms with Gasteiger partial charge in [-0.2, -0.15) is 18.4 Å². The second kappa shape index (κ2) is 9.11. The molecular weight excluding hydrogens is 475 g/mol. The van der Waals surface area contributed by atoms with E-state index in [2.05, 4.69) is 25.6 Å². The highest BCUT2D eigenvalue weighted by Crippen LogP contribution is 2.24. The monoisotopic (exact) mass is 495 g/mol. The third-order valence-corrected chi connectivity index (χ3v) is 6.03. The van der Waals surface area contributed by atoms with Gasteiger partial charge in [-0.3, -0.25) is 4.79 Å². The highest BCUT2D eigenvalue weighted by atomic mass is 35.5. The summed E-state index contributed by atoms with van der Waals surface area (Å²) in [6, 6.07) is -0.648. The van der Waals surface area contributed by atoms with Crippen LogP contribution in [0.15, 0.2) is 11.1 Å². The van der Waals surface area contributed by atoms with E-state index in [4.69, 9.17) is 17.3 Å². The van der Waals surface area contributed by atoms with Crippen LogP contribution in [0.25, 0.3) is 11.1 Å². The number of nitrogens with two attached hydrogens (primary N) is 1. The number of nitrogen functional groups attached to an aromatic ring is 1. The van der Waals surface area contributed by atoms with Gasteiger partial charge in [-0.05, 0) is 19.8 Å². The first-order chi connectivity index (χ1) is 16.1. The number of nitriles is 1. The molecule has 2 atom stereocenters. The predicted octanol–water partition coefficient (Wildman–Crippen LogP) is 0.0537. The van der Waals surface area contributed by atoms with Crippen LogP contribution in [0.4, 0.5) is 24.8 Å². The first kappa shape index (κ1) is 23.8. The van der Waals surface area contributed by atoms with Crippen LogP contribution in [0.2, 0.25) is 0 Å². The van der Waals surface area contributed by atoms with Crippen LogP contribution in [-0.4, -0.2) is 51.5 Å². The maximum atomic E-state index is 13.6. The van der Waals surface area contributed by atoms with Crippen molar-refractivity contribution < 1.29 is 13.2 Å². The third kappa shape index (κ3) is 4.38. The lowest BCUT2D eigenvalue weighted by Gasteiger charge is -2.38. The van der Waals surface area contributed by atoms with Gasteiger partial charge in [0.15, 0.2) is 5.82 Å². The van der Waals surface area contributed by atoms with Gasteiger partial charge in [0.1, 0.15) is 35.6 Å². The summed E-state index contributed by atoms with van der Waals surface area (Å²) in [7, 11) is 0. The maximum Gasteiger partial charge on any atom is 0.405 e. The number of alkyl halides is 3. The van der Waals surface area contributed by atoms with Gasteiger partial charge in [0.05, 0.1) is 23.2 Å². The summed E-state index contributed by atoms with van der Waals surface area (Å²) in [5, 5.41) is 17.0. The molecule has 10 nitrogen and oxygen atoms in total. The Morgan fingerprint density at radius 2 is 2.18 bits per heavy atom. The minimum absolute atomic E-state index is 0.00320. The average Bonchev–Trinajstić information content (AvgIpc) is 2.78. The van der Waals surface area contributed by atoms with Gasteiger partial charge in [0.2, 0.25) is 0 Å². The molecular formula is C20H21ClF3N9O. The van der Waals surface area contributed by atoms with Gasteiger partial charge >= 0.3 is 6.18 Å². The maximum absolute atomic E-state index is 13.6. The first-order valence-corrected chi connectivity index (χ1v) is 10.8. The summed E-state index contributed by atoms with van der Waals surface area (Å²) < 4.78 is 41.5. The van der Waals surface area contributed by atoms with Crippen molar-refractivity contribution in [2.75, 3.05) is 35.7 Å². The number of hydrogen-bond donors (Lipinski definition) is 3. The molecule has 4 rings (SSSR count). The number of rotatable bonds is 4. The first-order valence-electron chi connectivity index (χ1n) is 10.5. The van der Waals surface area contributed by atoms with Crippen LogP contribution in [0.1, 0.15) is 37.2 Å². The van der Waals surface area contributed by atoms with Gasteiger partial charge in [0, 0.05) is 18.1 Å². The fraction of sp³-hybridized carbons (Fsp3) is 0.450. The molecule has 2 aliphatic rings. The van der Waals surface area contributed by atoms with E-state index in [1.165, 1.54) is 11.3 Å². The SMILES string of the molecule is C[C@H](Nc1ncnc(N)c1C#N)c1nc2c(c(=O)n1N1CCNC(C(F)(F)F)C1)=C(Cl)CCC=2. The van der Waals surface area contributed by atoms with Crippen molar-refractivity contribution in [3.05, 3.63) is 38.6 Å². The molecule has 1 saturated heterocycles. The summed E-state index contributed by atoms with van der Waals surface area (Å²) in [5.74, 6) is 0.228. The minimum atomic E-state index is -4.49. The molecule has 1 aliphatic carbocycles. The van der Waals surface area contributed by atoms with Crippen molar-refractivity contribution in [2.45, 2.75) is 38.0 Å². The Morgan fingerprint density at radius 1 is 1.41 bits per heavy atom. The molecule has 34 heavy (non-hydrogen) atoms. The van der Waals surface area contributed by atoms with E-state index in [0.717, 1.165) is 4.68 Å². The van der Waals surface area contributed by atoms with E-state index in [0.29, 0.717) is 23.2 Å². The highest BCUT2D eigenvalue weighted by molar-refractivity contribution is 6.45. The van der Waals surface area contributed by atoms with Gasteiger partial charge in [-0.1, -0.05) is 17.7 Å². The standard InChI is InChI=1S/C20H21ClF3N9O/c1-10(30-17-11(7-25)16(26)28-9-29-17)18-31-13-4-2-3-12(21)15(13)19(34)33(18)32-6-5-27-14(8-32)20(22,23)24/h4,9-10,14,27H,2-3,5-6,8H2,1H3,(H3,26,28,29,30)/t10-,14?/m0/s1. The molecule has 0 radical (unpaired) electrons. The molecule has 4 N–H and O–H groups in total. The van der Waals surface area contributed by atoms with Crippen LogP contribution >= 0.6 is 11.6 Å². The van der Waals surface area contributed by atoms with Gasteiger partial charge in [-0.15, -0.1) is 0 Å². The Bertz CT molecular complexity index is 1340. The molecule has 1 unspecified atom stereocenters. The zero-order chi connectivity index (χ0) is 24.6. The average molecular weight is 496 g/mol. The van der Waals surface area contributed by atoms with Crippen molar-refractivity contribution >= 4 is 34.3 Å². The molecule has 2 aromatic heterocycles. The Labute approximate surface area is 196 Å². The summed E-state index contributed by atoms with van der Waals surface area (Å²) >= 11 is 6.33. The number of fused-ring (bicyclic) bond motifs is 1. The molecule has 1 fully saturated rings. The fourth-order valence-electron chi connectivity index (χ4n) is 3.99. The number of nitrogens with zero attached hydrogens (tertiary/aromatic N) is 6. The number of aromatic nitrogens is 4. The molecule has 0 amide bonds. The van der Waals surface area contributed by atoms with Crippen molar-refractivity contribution in [3.8, 4) is 6.07 Å². The molecule has 0 aromatic carbocycles. The highest BCUT2D eigenvalue weighted by Gasteiger charge is 2.42. The van der Waals surface area contributed by atoms with Crippen molar-refractivity contribution in [3.63, 3.8) is 0 Å². The van der Waals surface area contributed by atoms with Gasteiger partial charge in [0.25, 0.3) is 5.56 Å². The summed E-state index contributed by atoms with van der Waals surface area (Å²) in [6.07, 6.45) is -0.536. The van der Waals surface area contributed by atoms with Crippen LogP contribution < -0.4 is 37.5 Å². The van der Waals surface area contributed by atoms with Crippen LogP contribution in [-0.2, 0) is 0 Å². The lowest BCUT2D eigenvalue weighted by molar-refractivity contribution is -0.156. The quantitative estimate of drug-likeness (QED) is 0.537. The van der Waals surface area contributed by atoms with Crippen LogP contribution in [0.3, 0.4) is 0 Å². The van der Waals surface area contributed by atoms with Crippen molar-refractivity contribution in [1.82, 2.24) is 24.9 Å². The van der Waals surface area contributed by atoms with E-state index in [-0.39, 0.29) is 41.3 Å². The van der Waals surface area contributed by atoms with Gasteiger partial charge in [-0.25, -0.2) is 19.6 Å². The smallest absolute Gasteiger partial charge is 0.382 e. The number of nitrogens with one attached hydrogen (secondary N) is 2. The summed E-state index contributed by atoms with van der Waals surface area (Å²) in [5.41, 5.74) is 5.20. The number of anilines is 2. The fourth-order valence-corrected chi connectivity index (χ4v) is 4.27. The zero-order valence-corrected chi connectivity index (χ0v) is 18.8. The molecule has 0 bridgehead atoms. The minimum Gasteiger partial charge on any atom is -0.382 e. The van der Waals surface area contributed by atoms with Crippen LogP contribution in [0.5, 0.6) is 0 Å². The van der Waals surface area contributed by atoms with Gasteiger partial charge < -0.3 is 21.4 Å². The number of halogens is 4. The normalized spacial score (nSPS) is 19.1. The second-order valence-electron chi connectivity index (χ2n) is 7.92. The molecule has 0 saturated carbocycles. The Hall–Kier alpha value is -3.37. The summed E-state index contributed by atoms with van der Waals surface area (Å²) in [6.45, 7) is 1.31. The van der Waals surface area contributed by atoms with Crippen molar-refractivity contribution in [2.24, 2.45) is 0 Å². The Morgan fingerprint density at radius 3 is 2.88 bits per heavy atom. The Balaban J connectivity index is 1.85. The third-order valence-electron chi connectivity index (χ3n) is 5.65. The number of piperazine rings is 1. The molecule has 2 aromatic rings. The van der Waals surface area contributed by atoms with Crippen molar-refractivity contribution in [1.29, 1.82) is 5.26 Å². The van der Waals surface area contributed by atoms with Crippen LogP contribution in [0, 0.1) is 11.3 Å². The predicted molar refractivity (Wildman–Crippen MR) is 120 cm³/mol. The zero-order valence-electron chi connectivity index (χ0n) is 18.0. The van der Waals surface area contributed by atoms with E-state index >= 15 is 0 Å². The molecule has 1 aliphatic heterocycles. The van der Waals surface area contributed by atoms with E-state index in [1.54, 1.807) is 13.0 Å². The second-order valence-corrected chi connectivity index (χ2v) is 8.37. The molecule has 3 heterocycles. The van der Waals surface area contributed by atoms with E-state index in [1.807, 2.05) is 6.07 Å². The lowest BCUT2D eigenvalue weighted by atomic mass is 10.1. The summed E-state index contributed by atoms with van der Waals surface area (Å²) in [4.78, 5) is 26.0. The molecule has 14 heteroatoms. The topological polar surface area (TPSA) is 138 Å². The van der Waals surface area contributed by atoms with E-state index < -0.39 is 30.4 Å². The molecule has 0 spiro atoms.